The molecule has 0 saturated carbocycles. The molecule has 0 aliphatic carbocycles. The number of sulfone groups is 1. The molecule has 0 aromatic heterocycles. The number of methoxy groups -OCH3 is 1. The van der Waals surface area contributed by atoms with Crippen LogP contribution in [0.4, 0.5) is 0 Å². The van der Waals surface area contributed by atoms with E-state index in [-0.39, 0.29) is 26.3 Å². The number of carbonyl (C=O) groups is 1. The first kappa shape index (κ1) is 17.2. The second-order valence-corrected chi connectivity index (χ2v) is 6.98. The highest BCUT2D eigenvalue weighted by molar-refractivity contribution is 7.91. The van der Waals surface area contributed by atoms with Crippen molar-refractivity contribution in [3.05, 3.63) is 27.7 Å². The summed E-state index contributed by atoms with van der Waals surface area (Å²) in [4.78, 5) is 10.7. The van der Waals surface area contributed by atoms with Gasteiger partial charge >= 0.3 is 5.97 Å². The lowest BCUT2D eigenvalue weighted by atomic mass is 10.2. The van der Waals surface area contributed by atoms with Gasteiger partial charge in [0.25, 0.3) is 0 Å². The van der Waals surface area contributed by atoms with Gasteiger partial charge in [-0.1, -0.05) is 23.2 Å². The topological polar surface area (TPSA) is 80.7 Å². The first-order chi connectivity index (χ1) is 9.29. The lowest BCUT2D eigenvalue weighted by Crippen LogP contribution is -2.10. The number of ether oxygens (including phenoxy) is 1. The standard InChI is InChI=1S/C12H14Cl2O5S/c1-19-4-2-3-5-20(17,18)10-7-8(13)6-9(11(10)14)12(15)16/h6-7H,2-5H2,1H3,(H,15,16). The van der Waals surface area contributed by atoms with E-state index in [1.807, 2.05) is 0 Å². The van der Waals surface area contributed by atoms with Crippen LogP contribution < -0.4 is 0 Å². The van der Waals surface area contributed by atoms with Crippen LogP contribution in [0, 0.1) is 0 Å². The van der Waals surface area contributed by atoms with Crippen molar-refractivity contribution in [3.8, 4) is 0 Å². The number of rotatable bonds is 7. The molecule has 0 amide bonds. The third-order valence-electron chi connectivity index (χ3n) is 2.58. The van der Waals surface area contributed by atoms with E-state index in [4.69, 9.17) is 33.0 Å². The summed E-state index contributed by atoms with van der Waals surface area (Å²) < 4.78 is 29.2. The van der Waals surface area contributed by atoms with Crippen LogP contribution in [0.3, 0.4) is 0 Å². The van der Waals surface area contributed by atoms with Gasteiger partial charge in [0.1, 0.15) is 0 Å². The molecule has 5 nitrogen and oxygen atoms in total. The smallest absolute Gasteiger partial charge is 0.337 e. The molecule has 1 rings (SSSR count). The van der Waals surface area contributed by atoms with Gasteiger partial charge in [-0.25, -0.2) is 13.2 Å². The summed E-state index contributed by atoms with van der Waals surface area (Å²) in [5, 5.41) is 8.68. The molecular weight excluding hydrogens is 327 g/mol. The summed E-state index contributed by atoms with van der Waals surface area (Å²) >= 11 is 11.6. The van der Waals surface area contributed by atoms with Crippen LogP contribution in [0.25, 0.3) is 0 Å². The number of carboxylic acid groups (broad SMARTS) is 1. The molecule has 112 valence electrons. The molecule has 0 aliphatic heterocycles. The second-order valence-electron chi connectivity index (χ2n) is 4.09. The third-order valence-corrected chi connectivity index (χ3v) is 5.14. The van der Waals surface area contributed by atoms with E-state index in [0.717, 1.165) is 6.07 Å². The van der Waals surface area contributed by atoms with Crippen LogP contribution in [0.5, 0.6) is 0 Å². The molecule has 0 saturated heterocycles. The Balaban J connectivity index is 3.09. The Morgan fingerprint density at radius 1 is 1.30 bits per heavy atom. The van der Waals surface area contributed by atoms with Crippen LogP contribution in [-0.2, 0) is 14.6 Å². The van der Waals surface area contributed by atoms with E-state index in [0.29, 0.717) is 19.4 Å². The highest BCUT2D eigenvalue weighted by atomic mass is 35.5. The van der Waals surface area contributed by atoms with Crippen molar-refractivity contribution in [1.29, 1.82) is 0 Å². The lowest BCUT2D eigenvalue weighted by molar-refractivity contribution is 0.0697. The van der Waals surface area contributed by atoms with Crippen LogP contribution in [-0.4, -0.2) is 39.0 Å². The Morgan fingerprint density at radius 2 is 1.95 bits per heavy atom. The van der Waals surface area contributed by atoms with Gasteiger partial charge in [0, 0.05) is 18.7 Å². The van der Waals surface area contributed by atoms with Gasteiger partial charge in [-0.3, -0.25) is 0 Å². The van der Waals surface area contributed by atoms with Crippen molar-refractivity contribution in [2.24, 2.45) is 0 Å². The minimum Gasteiger partial charge on any atom is -0.478 e. The fourth-order valence-corrected chi connectivity index (χ4v) is 3.91. The third kappa shape index (κ3) is 4.34. The number of halogens is 2. The molecular formula is C12H14Cl2O5S. The van der Waals surface area contributed by atoms with Gasteiger partial charge in [-0.05, 0) is 25.0 Å². The molecule has 20 heavy (non-hydrogen) atoms. The average molecular weight is 341 g/mol. The van der Waals surface area contributed by atoms with Gasteiger partial charge in [-0.15, -0.1) is 0 Å². The van der Waals surface area contributed by atoms with E-state index >= 15 is 0 Å². The van der Waals surface area contributed by atoms with Gasteiger partial charge < -0.3 is 9.84 Å². The predicted molar refractivity (Wildman–Crippen MR) is 76.6 cm³/mol. The normalized spacial score (nSPS) is 11.6. The Bertz CT molecular complexity index is 598. The fourth-order valence-electron chi connectivity index (χ4n) is 1.59. The number of unbranched alkanes of at least 4 members (excludes halogenated alkanes) is 1. The summed E-state index contributed by atoms with van der Waals surface area (Å²) in [5.74, 6) is -1.47. The summed E-state index contributed by atoms with van der Waals surface area (Å²) in [7, 11) is -2.16. The molecule has 1 aromatic rings. The zero-order valence-corrected chi connectivity index (χ0v) is 13.1. The van der Waals surface area contributed by atoms with Crippen LogP contribution in [0.2, 0.25) is 10.0 Å². The minimum absolute atomic E-state index is 0.0160. The van der Waals surface area contributed by atoms with Crippen molar-refractivity contribution in [2.75, 3.05) is 19.5 Å². The van der Waals surface area contributed by atoms with E-state index in [1.165, 1.54) is 13.2 Å². The summed E-state index contributed by atoms with van der Waals surface area (Å²) in [6, 6.07) is 2.29. The molecule has 8 heteroatoms. The predicted octanol–water partition coefficient (Wildman–Crippen LogP) is 2.89. The van der Waals surface area contributed by atoms with E-state index in [9.17, 15) is 13.2 Å². The number of benzene rings is 1. The van der Waals surface area contributed by atoms with Crippen molar-refractivity contribution in [3.63, 3.8) is 0 Å². The SMILES string of the molecule is COCCCCS(=O)(=O)c1cc(Cl)cc(C(=O)O)c1Cl. The highest BCUT2D eigenvalue weighted by Crippen LogP contribution is 2.30. The molecule has 0 aliphatic rings. The molecule has 0 fully saturated rings. The monoisotopic (exact) mass is 340 g/mol. The lowest BCUT2D eigenvalue weighted by Gasteiger charge is -2.09. The Hall–Kier alpha value is -0.820. The zero-order valence-electron chi connectivity index (χ0n) is 10.7. The number of aromatic carboxylic acids is 1. The van der Waals surface area contributed by atoms with Crippen molar-refractivity contribution >= 4 is 39.0 Å². The first-order valence-electron chi connectivity index (χ1n) is 5.73. The maximum atomic E-state index is 12.2. The number of hydrogen-bond donors (Lipinski definition) is 1. The summed E-state index contributed by atoms with van der Waals surface area (Å²) in [5.41, 5.74) is -0.324. The van der Waals surface area contributed by atoms with Crippen molar-refractivity contribution in [2.45, 2.75) is 17.7 Å². The number of carboxylic acids is 1. The Kier molecular flexibility index (Phi) is 6.26. The fraction of sp³-hybridized carbons (Fsp3) is 0.417. The van der Waals surface area contributed by atoms with Gasteiger partial charge in [0.2, 0.25) is 0 Å². The summed E-state index contributed by atoms with van der Waals surface area (Å²) in [6.45, 7) is 0.458. The number of hydrogen-bond acceptors (Lipinski definition) is 4. The van der Waals surface area contributed by atoms with Gasteiger partial charge in [0.05, 0.1) is 21.2 Å². The molecule has 0 heterocycles. The second kappa shape index (κ2) is 7.26. The van der Waals surface area contributed by atoms with Crippen LogP contribution in [0.15, 0.2) is 17.0 Å². The van der Waals surface area contributed by atoms with E-state index in [1.54, 1.807) is 0 Å². The van der Waals surface area contributed by atoms with Crippen molar-refractivity contribution < 1.29 is 23.1 Å². The molecule has 0 bridgehead atoms. The Morgan fingerprint density at radius 3 is 2.50 bits per heavy atom. The molecule has 0 unspecified atom stereocenters. The average Bonchev–Trinajstić information content (AvgIpc) is 2.36. The van der Waals surface area contributed by atoms with E-state index in [2.05, 4.69) is 0 Å². The van der Waals surface area contributed by atoms with Crippen molar-refractivity contribution in [1.82, 2.24) is 0 Å². The maximum Gasteiger partial charge on any atom is 0.337 e. The minimum atomic E-state index is -3.69. The van der Waals surface area contributed by atoms with E-state index < -0.39 is 15.8 Å². The largest absolute Gasteiger partial charge is 0.478 e. The molecule has 1 aromatic carbocycles. The van der Waals surface area contributed by atoms with Crippen LogP contribution >= 0.6 is 23.2 Å². The molecule has 0 atom stereocenters. The molecule has 0 spiro atoms. The summed E-state index contributed by atoms with van der Waals surface area (Å²) in [6.07, 6.45) is 0.973. The maximum absolute atomic E-state index is 12.2. The van der Waals surface area contributed by atoms with Gasteiger partial charge in [-0.2, -0.15) is 0 Å². The van der Waals surface area contributed by atoms with Gasteiger partial charge in [0.15, 0.2) is 9.84 Å². The first-order valence-corrected chi connectivity index (χ1v) is 8.14. The Labute approximate surface area is 127 Å². The zero-order chi connectivity index (χ0) is 15.3. The van der Waals surface area contributed by atoms with Crippen LogP contribution in [0.1, 0.15) is 23.2 Å². The molecule has 1 N–H and O–H groups in total. The quantitative estimate of drug-likeness (QED) is 0.772. The highest BCUT2D eigenvalue weighted by Gasteiger charge is 2.23. The molecule has 0 radical (unpaired) electrons.